The summed E-state index contributed by atoms with van der Waals surface area (Å²) in [4.78, 5) is 34.7. The molecule has 0 heterocycles. The molecule has 8 nitrogen and oxygen atoms in total. The second kappa shape index (κ2) is 9.09. The number of carbonyl (C=O) groups is 2. The summed E-state index contributed by atoms with van der Waals surface area (Å²) in [6.07, 6.45) is 4.30. The van der Waals surface area contributed by atoms with Crippen molar-refractivity contribution in [3.8, 4) is 0 Å². The average Bonchev–Trinajstić information content (AvgIpc) is 2.72. The molecule has 150 valence electrons. The van der Waals surface area contributed by atoms with Gasteiger partial charge in [-0.05, 0) is 55.9 Å². The van der Waals surface area contributed by atoms with Gasteiger partial charge in [-0.3, -0.25) is 19.7 Å². The molecule has 29 heavy (non-hydrogen) atoms. The van der Waals surface area contributed by atoms with Crippen LogP contribution in [-0.2, 0) is 17.6 Å². The summed E-state index contributed by atoms with van der Waals surface area (Å²) < 4.78 is 0. The number of hydrogen-bond acceptors (Lipinski definition) is 5. The number of carbonyl (C=O) groups excluding carboxylic acids is 2. The van der Waals surface area contributed by atoms with Crippen LogP contribution in [0.15, 0.2) is 47.6 Å². The lowest BCUT2D eigenvalue weighted by molar-refractivity contribution is -0.384. The average molecular weight is 394 g/mol. The topological polar surface area (TPSA) is 114 Å². The van der Waals surface area contributed by atoms with Crippen molar-refractivity contribution in [1.29, 1.82) is 0 Å². The smallest absolute Gasteiger partial charge is 0.271 e. The molecular weight excluding hydrogens is 372 g/mol. The molecule has 3 rings (SSSR count). The molecule has 2 amide bonds. The molecule has 0 unspecified atom stereocenters. The molecule has 0 bridgehead atoms. The summed E-state index contributed by atoms with van der Waals surface area (Å²) in [5.41, 5.74) is 6.01. The van der Waals surface area contributed by atoms with Gasteiger partial charge in [0.1, 0.15) is 0 Å². The van der Waals surface area contributed by atoms with E-state index in [4.69, 9.17) is 0 Å². The van der Waals surface area contributed by atoms with Crippen LogP contribution in [0.5, 0.6) is 0 Å². The second-order valence-electron chi connectivity index (χ2n) is 6.97. The molecule has 2 aromatic carbocycles. The zero-order chi connectivity index (χ0) is 20.8. The molecule has 0 aromatic heterocycles. The zero-order valence-corrected chi connectivity index (χ0v) is 16.1. The van der Waals surface area contributed by atoms with Gasteiger partial charge >= 0.3 is 0 Å². The molecule has 0 saturated heterocycles. The van der Waals surface area contributed by atoms with Crippen molar-refractivity contribution in [2.24, 2.45) is 5.10 Å². The predicted octanol–water partition coefficient (Wildman–Crippen LogP) is 3.61. The molecule has 8 heteroatoms. The van der Waals surface area contributed by atoms with E-state index in [1.54, 1.807) is 6.92 Å². The number of nitro groups is 1. The first kappa shape index (κ1) is 20.2. The van der Waals surface area contributed by atoms with E-state index >= 15 is 0 Å². The summed E-state index contributed by atoms with van der Waals surface area (Å²) in [5, 5.41) is 17.7. The summed E-state index contributed by atoms with van der Waals surface area (Å²) in [6, 6.07) is 11.3. The van der Waals surface area contributed by atoms with E-state index in [2.05, 4.69) is 21.9 Å². The lowest BCUT2D eigenvalue weighted by atomic mass is 9.90. The number of anilines is 1. The van der Waals surface area contributed by atoms with Crippen LogP contribution < -0.4 is 10.7 Å². The third-order valence-corrected chi connectivity index (χ3v) is 4.75. The first-order valence-electron chi connectivity index (χ1n) is 9.42. The van der Waals surface area contributed by atoms with Crippen molar-refractivity contribution in [3.63, 3.8) is 0 Å². The molecular formula is C21H22N4O4. The number of hydrogen-bond donors (Lipinski definition) is 2. The van der Waals surface area contributed by atoms with E-state index in [9.17, 15) is 19.7 Å². The van der Waals surface area contributed by atoms with Crippen LogP contribution in [0.1, 0.15) is 47.7 Å². The Hall–Kier alpha value is -3.55. The molecule has 0 aliphatic heterocycles. The van der Waals surface area contributed by atoms with Gasteiger partial charge in [0.05, 0.1) is 11.3 Å². The van der Waals surface area contributed by atoms with Crippen molar-refractivity contribution in [2.75, 3.05) is 5.32 Å². The first-order valence-corrected chi connectivity index (χ1v) is 9.42. The molecule has 1 aliphatic rings. The van der Waals surface area contributed by atoms with Gasteiger partial charge < -0.3 is 5.32 Å². The highest BCUT2D eigenvalue weighted by Gasteiger charge is 2.15. The minimum atomic E-state index is -0.578. The SMILES string of the molecule is CC(CC(=O)Nc1cccc2c1CCCC2)=NNC(=O)c1cccc([N+](=O)[O-])c1. The van der Waals surface area contributed by atoms with Crippen molar-refractivity contribution in [1.82, 2.24) is 5.43 Å². The number of rotatable bonds is 6. The van der Waals surface area contributed by atoms with Gasteiger partial charge in [0.25, 0.3) is 11.6 Å². The van der Waals surface area contributed by atoms with E-state index in [1.807, 2.05) is 12.1 Å². The number of benzene rings is 2. The lowest BCUT2D eigenvalue weighted by Crippen LogP contribution is -2.22. The molecule has 0 spiro atoms. The number of nitrogens with zero attached hydrogens (tertiary/aromatic N) is 2. The Morgan fingerprint density at radius 1 is 1.14 bits per heavy atom. The Morgan fingerprint density at radius 3 is 2.69 bits per heavy atom. The molecule has 0 saturated carbocycles. The number of aryl methyl sites for hydroxylation is 1. The van der Waals surface area contributed by atoms with Gasteiger partial charge in [-0.15, -0.1) is 0 Å². The molecule has 2 aromatic rings. The van der Waals surface area contributed by atoms with Gasteiger partial charge in [0, 0.05) is 29.1 Å². The predicted molar refractivity (Wildman–Crippen MR) is 110 cm³/mol. The van der Waals surface area contributed by atoms with E-state index in [-0.39, 0.29) is 23.6 Å². The summed E-state index contributed by atoms with van der Waals surface area (Å²) >= 11 is 0. The van der Waals surface area contributed by atoms with Gasteiger partial charge in [-0.25, -0.2) is 5.43 Å². The van der Waals surface area contributed by atoms with Crippen molar-refractivity contribution >= 4 is 28.9 Å². The Kier molecular flexibility index (Phi) is 6.33. The minimum Gasteiger partial charge on any atom is -0.325 e. The van der Waals surface area contributed by atoms with E-state index in [1.165, 1.54) is 41.8 Å². The van der Waals surface area contributed by atoms with Crippen LogP contribution in [-0.4, -0.2) is 22.4 Å². The number of hydrazone groups is 1. The van der Waals surface area contributed by atoms with Crippen molar-refractivity contribution < 1.29 is 14.5 Å². The largest absolute Gasteiger partial charge is 0.325 e. The quantitative estimate of drug-likeness (QED) is 0.442. The number of nitro benzene ring substituents is 1. The summed E-state index contributed by atoms with van der Waals surface area (Å²) in [6.45, 7) is 1.63. The Bertz CT molecular complexity index is 984. The summed E-state index contributed by atoms with van der Waals surface area (Å²) in [5.74, 6) is -0.791. The number of fused-ring (bicyclic) bond motifs is 1. The van der Waals surface area contributed by atoms with E-state index in [0.29, 0.717) is 5.71 Å². The molecule has 0 fully saturated rings. The second-order valence-corrected chi connectivity index (χ2v) is 6.97. The Labute approximate surface area is 168 Å². The van der Waals surface area contributed by atoms with Crippen LogP contribution in [0.4, 0.5) is 11.4 Å². The van der Waals surface area contributed by atoms with E-state index < -0.39 is 10.8 Å². The number of amides is 2. The lowest BCUT2D eigenvalue weighted by Gasteiger charge is -2.19. The normalized spacial score (nSPS) is 13.3. The standard InChI is InChI=1S/C21H22N4O4/c1-14(23-24-21(27)16-8-4-9-17(13-16)25(28)29)12-20(26)22-19-11-5-7-15-6-2-3-10-18(15)19/h4-5,7-9,11,13H,2-3,6,10,12H2,1H3,(H,22,26)(H,24,27). The number of non-ortho nitro benzene ring substituents is 1. The van der Waals surface area contributed by atoms with Crippen LogP contribution in [0.25, 0.3) is 0 Å². The summed E-state index contributed by atoms with van der Waals surface area (Å²) in [7, 11) is 0. The maximum absolute atomic E-state index is 12.4. The maximum Gasteiger partial charge on any atom is 0.271 e. The van der Waals surface area contributed by atoms with E-state index in [0.717, 1.165) is 24.9 Å². The minimum absolute atomic E-state index is 0.0267. The molecule has 0 atom stereocenters. The highest BCUT2D eigenvalue weighted by molar-refractivity contribution is 6.06. The van der Waals surface area contributed by atoms with Gasteiger partial charge in [0.15, 0.2) is 0 Å². The fraction of sp³-hybridized carbons (Fsp3) is 0.286. The Balaban J connectivity index is 1.58. The zero-order valence-electron chi connectivity index (χ0n) is 16.1. The highest BCUT2D eigenvalue weighted by atomic mass is 16.6. The fourth-order valence-electron chi connectivity index (χ4n) is 3.34. The van der Waals surface area contributed by atoms with Crippen LogP contribution >= 0.6 is 0 Å². The van der Waals surface area contributed by atoms with Crippen LogP contribution in [0.3, 0.4) is 0 Å². The highest BCUT2D eigenvalue weighted by Crippen LogP contribution is 2.27. The van der Waals surface area contributed by atoms with Crippen LogP contribution in [0, 0.1) is 10.1 Å². The number of nitrogens with one attached hydrogen (secondary N) is 2. The van der Waals surface area contributed by atoms with Crippen molar-refractivity contribution in [2.45, 2.75) is 39.0 Å². The van der Waals surface area contributed by atoms with Gasteiger partial charge in [0.2, 0.25) is 5.91 Å². The third kappa shape index (κ3) is 5.25. The molecule has 0 radical (unpaired) electrons. The maximum atomic E-state index is 12.4. The molecule has 2 N–H and O–H groups in total. The van der Waals surface area contributed by atoms with Gasteiger partial charge in [-0.1, -0.05) is 18.2 Å². The van der Waals surface area contributed by atoms with Gasteiger partial charge in [-0.2, -0.15) is 5.10 Å². The Morgan fingerprint density at radius 2 is 1.90 bits per heavy atom. The monoisotopic (exact) mass is 394 g/mol. The van der Waals surface area contributed by atoms with Crippen LogP contribution in [0.2, 0.25) is 0 Å². The molecule has 1 aliphatic carbocycles. The third-order valence-electron chi connectivity index (χ3n) is 4.75. The van der Waals surface area contributed by atoms with Crippen molar-refractivity contribution in [3.05, 3.63) is 69.3 Å². The first-order chi connectivity index (χ1) is 13.9. The fourth-order valence-corrected chi connectivity index (χ4v) is 3.34.